The maximum absolute atomic E-state index is 5.06. The van der Waals surface area contributed by atoms with Crippen molar-refractivity contribution in [3.8, 4) is 0 Å². The fraction of sp³-hybridized carbons (Fsp3) is 0.556. The zero-order valence-corrected chi connectivity index (χ0v) is 8.52. The summed E-state index contributed by atoms with van der Waals surface area (Å²) in [6.07, 6.45) is 2.56. The zero-order valence-electron chi connectivity index (χ0n) is 7.71. The quantitative estimate of drug-likeness (QED) is 0.696. The summed E-state index contributed by atoms with van der Waals surface area (Å²) in [5.41, 5.74) is 0. The molecule has 1 aromatic heterocycles. The maximum Gasteiger partial charge on any atom is 0.131 e. The topological polar surface area (TPSA) is 31.9 Å². The van der Waals surface area contributed by atoms with Gasteiger partial charge in [-0.05, 0) is 19.8 Å². The Bertz CT molecular complexity index is 352. The van der Waals surface area contributed by atoms with Gasteiger partial charge in [-0.25, -0.2) is 4.98 Å². The first-order chi connectivity index (χ1) is 6.25. The fourth-order valence-electron chi connectivity index (χ4n) is 1.69. The van der Waals surface area contributed by atoms with E-state index in [0.717, 1.165) is 24.7 Å². The van der Waals surface area contributed by atoms with E-state index in [4.69, 9.17) is 12.2 Å². The zero-order chi connectivity index (χ0) is 9.26. The van der Waals surface area contributed by atoms with Crippen LogP contribution in [0.4, 0.5) is 5.82 Å². The molecular formula is C9H13N3S. The number of hydrogen-bond donors (Lipinski definition) is 1. The number of aryl methyl sites for hydroxylation is 1. The number of anilines is 1. The minimum Gasteiger partial charge on any atom is -0.358 e. The van der Waals surface area contributed by atoms with Gasteiger partial charge in [0.15, 0.2) is 0 Å². The first-order valence-electron chi connectivity index (χ1n) is 4.58. The molecular weight excluding hydrogens is 182 g/mol. The third-order valence-electron chi connectivity index (χ3n) is 2.29. The van der Waals surface area contributed by atoms with Gasteiger partial charge in [0.05, 0.1) is 0 Å². The minimum atomic E-state index is 0.679. The first kappa shape index (κ1) is 8.69. The predicted molar refractivity (Wildman–Crippen MR) is 55.6 cm³/mol. The lowest BCUT2D eigenvalue weighted by molar-refractivity contribution is 0.907. The fourth-order valence-corrected chi connectivity index (χ4v) is 1.94. The van der Waals surface area contributed by atoms with Gasteiger partial charge in [0.1, 0.15) is 16.3 Å². The van der Waals surface area contributed by atoms with E-state index in [1.54, 1.807) is 0 Å². The highest BCUT2D eigenvalue weighted by atomic mass is 32.1. The molecule has 13 heavy (non-hydrogen) atoms. The van der Waals surface area contributed by atoms with Crippen LogP contribution in [-0.4, -0.2) is 23.1 Å². The van der Waals surface area contributed by atoms with Crippen LogP contribution in [0.2, 0.25) is 0 Å². The second-order valence-corrected chi connectivity index (χ2v) is 3.80. The number of H-pyrrole nitrogens is 1. The Hall–Kier alpha value is -0.900. The molecule has 2 rings (SSSR count). The number of rotatable bonds is 1. The minimum absolute atomic E-state index is 0.679. The van der Waals surface area contributed by atoms with Crippen molar-refractivity contribution in [3.63, 3.8) is 0 Å². The molecule has 0 saturated carbocycles. The molecule has 0 spiro atoms. The Kier molecular flexibility index (Phi) is 2.31. The van der Waals surface area contributed by atoms with Gasteiger partial charge < -0.3 is 9.88 Å². The second kappa shape index (κ2) is 3.46. The van der Waals surface area contributed by atoms with Crippen molar-refractivity contribution in [3.05, 3.63) is 16.5 Å². The van der Waals surface area contributed by atoms with Crippen LogP contribution in [0.25, 0.3) is 0 Å². The van der Waals surface area contributed by atoms with Gasteiger partial charge in [0.2, 0.25) is 0 Å². The number of hydrogen-bond acceptors (Lipinski definition) is 3. The van der Waals surface area contributed by atoms with E-state index < -0.39 is 0 Å². The van der Waals surface area contributed by atoms with Crippen molar-refractivity contribution in [2.45, 2.75) is 19.8 Å². The Morgan fingerprint density at radius 1 is 1.46 bits per heavy atom. The molecule has 0 aromatic carbocycles. The van der Waals surface area contributed by atoms with Crippen molar-refractivity contribution < 1.29 is 0 Å². The first-order valence-corrected chi connectivity index (χ1v) is 4.99. The van der Waals surface area contributed by atoms with E-state index in [0.29, 0.717) is 4.64 Å². The Morgan fingerprint density at radius 3 is 2.77 bits per heavy atom. The molecule has 70 valence electrons. The molecule has 0 amide bonds. The molecule has 1 aromatic rings. The van der Waals surface area contributed by atoms with Crippen LogP contribution >= 0.6 is 12.2 Å². The van der Waals surface area contributed by atoms with Crippen LogP contribution in [0, 0.1) is 11.6 Å². The van der Waals surface area contributed by atoms with E-state index in [1.807, 2.05) is 13.0 Å². The van der Waals surface area contributed by atoms with Crippen LogP contribution in [0.3, 0.4) is 0 Å². The molecule has 1 fully saturated rings. The summed E-state index contributed by atoms with van der Waals surface area (Å²) < 4.78 is 0.679. The van der Waals surface area contributed by atoms with Crippen molar-refractivity contribution >= 4 is 18.0 Å². The van der Waals surface area contributed by atoms with Crippen LogP contribution in [-0.2, 0) is 0 Å². The number of aromatic nitrogens is 2. The van der Waals surface area contributed by atoms with Gasteiger partial charge >= 0.3 is 0 Å². The second-order valence-electron chi connectivity index (χ2n) is 3.38. The average Bonchev–Trinajstić information content (AvgIpc) is 2.53. The molecule has 0 atom stereocenters. The molecule has 1 saturated heterocycles. The van der Waals surface area contributed by atoms with Gasteiger partial charge in [0, 0.05) is 19.2 Å². The summed E-state index contributed by atoms with van der Waals surface area (Å²) in [7, 11) is 0. The highest BCUT2D eigenvalue weighted by Crippen LogP contribution is 2.17. The predicted octanol–water partition coefficient (Wildman–Crippen LogP) is 2.05. The third-order valence-corrected chi connectivity index (χ3v) is 2.50. The van der Waals surface area contributed by atoms with Gasteiger partial charge in [0.25, 0.3) is 0 Å². The summed E-state index contributed by atoms with van der Waals surface area (Å²) in [5, 5.41) is 0. The normalized spacial score (nSPS) is 16.5. The molecule has 0 radical (unpaired) electrons. The standard InChI is InChI=1S/C9H13N3S/c1-7-10-8(6-9(13)11-7)12-4-2-3-5-12/h6H,2-5H2,1H3,(H,10,11,13). The third kappa shape index (κ3) is 1.88. The van der Waals surface area contributed by atoms with Crippen LogP contribution < -0.4 is 4.90 Å². The summed E-state index contributed by atoms with van der Waals surface area (Å²) in [5.74, 6) is 2.02. The van der Waals surface area contributed by atoms with Crippen molar-refractivity contribution in [2.75, 3.05) is 18.0 Å². The van der Waals surface area contributed by atoms with Gasteiger partial charge in [-0.15, -0.1) is 0 Å². The number of nitrogens with one attached hydrogen (secondary N) is 1. The molecule has 0 bridgehead atoms. The van der Waals surface area contributed by atoms with Crippen LogP contribution in [0.15, 0.2) is 6.07 Å². The highest BCUT2D eigenvalue weighted by Gasteiger charge is 2.12. The van der Waals surface area contributed by atoms with Crippen LogP contribution in [0.5, 0.6) is 0 Å². The van der Waals surface area contributed by atoms with Gasteiger partial charge in [-0.3, -0.25) is 0 Å². The molecule has 1 N–H and O–H groups in total. The lowest BCUT2D eigenvalue weighted by Crippen LogP contribution is -2.19. The smallest absolute Gasteiger partial charge is 0.131 e. The molecule has 0 aliphatic carbocycles. The van der Waals surface area contributed by atoms with E-state index in [9.17, 15) is 0 Å². The Morgan fingerprint density at radius 2 is 2.15 bits per heavy atom. The summed E-state index contributed by atoms with van der Waals surface area (Å²) in [6.45, 7) is 4.21. The van der Waals surface area contributed by atoms with Crippen LogP contribution in [0.1, 0.15) is 18.7 Å². The van der Waals surface area contributed by atoms with Gasteiger partial charge in [-0.1, -0.05) is 12.2 Å². The van der Waals surface area contributed by atoms with E-state index >= 15 is 0 Å². The SMILES string of the molecule is Cc1nc(=S)cc(N2CCCC2)[nH]1. The van der Waals surface area contributed by atoms with E-state index in [2.05, 4.69) is 14.9 Å². The summed E-state index contributed by atoms with van der Waals surface area (Å²) >= 11 is 5.06. The molecule has 1 aliphatic rings. The average molecular weight is 195 g/mol. The molecule has 4 heteroatoms. The Balaban J connectivity index is 2.33. The Labute approximate surface area is 82.8 Å². The maximum atomic E-state index is 5.06. The molecule has 1 aliphatic heterocycles. The number of aromatic amines is 1. The molecule has 2 heterocycles. The largest absolute Gasteiger partial charge is 0.358 e. The molecule has 0 unspecified atom stereocenters. The lowest BCUT2D eigenvalue weighted by Gasteiger charge is -2.17. The molecule has 3 nitrogen and oxygen atoms in total. The summed E-state index contributed by atoms with van der Waals surface area (Å²) in [6, 6.07) is 1.94. The van der Waals surface area contributed by atoms with Crippen molar-refractivity contribution in [1.29, 1.82) is 0 Å². The number of nitrogens with zero attached hydrogens (tertiary/aromatic N) is 2. The summed E-state index contributed by atoms with van der Waals surface area (Å²) in [4.78, 5) is 9.70. The monoisotopic (exact) mass is 195 g/mol. The van der Waals surface area contributed by atoms with Crippen molar-refractivity contribution in [1.82, 2.24) is 9.97 Å². The lowest BCUT2D eigenvalue weighted by atomic mass is 10.4. The van der Waals surface area contributed by atoms with E-state index in [1.165, 1.54) is 12.8 Å². The van der Waals surface area contributed by atoms with Crippen molar-refractivity contribution in [2.24, 2.45) is 0 Å². The van der Waals surface area contributed by atoms with E-state index in [-0.39, 0.29) is 0 Å². The highest BCUT2D eigenvalue weighted by molar-refractivity contribution is 7.71. The van der Waals surface area contributed by atoms with Gasteiger partial charge in [-0.2, -0.15) is 0 Å².